The number of nitrogen functional groups attached to an aromatic ring is 1. The van der Waals surface area contributed by atoms with Gasteiger partial charge in [-0.2, -0.15) is 9.37 Å². The molecule has 0 aromatic carbocycles. The molecule has 6 heteroatoms. The molecule has 0 aliphatic heterocycles. The molecule has 0 amide bonds. The maximum absolute atomic E-state index is 12.8. The first kappa shape index (κ1) is 10.6. The molecule has 0 radical (unpaired) electrons. The number of nitrogens with two attached hydrogens (primary N) is 1. The van der Waals surface area contributed by atoms with Gasteiger partial charge < -0.3 is 5.73 Å². The fourth-order valence-electron chi connectivity index (χ4n) is 0.611. The molecule has 0 spiro atoms. The van der Waals surface area contributed by atoms with Crippen LogP contribution in [0, 0.1) is 17.4 Å². The van der Waals surface area contributed by atoms with Crippen molar-refractivity contribution in [2.24, 2.45) is 0 Å². The van der Waals surface area contributed by atoms with E-state index in [4.69, 9.17) is 5.73 Å². The molecule has 0 aliphatic carbocycles. The first-order valence-electron chi connectivity index (χ1n) is 4.07. The maximum atomic E-state index is 12.8. The smallest absolute Gasteiger partial charge is 0.259 e. The third-order valence-electron chi connectivity index (χ3n) is 1.22. The third-order valence-corrected chi connectivity index (χ3v) is 2.09. The van der Waals surface area contributed by atoms with Crippen LogP contribution >= 0.6 is 0 Å². The van der Waals surface area contributed by atoms with Crippen LogP contribution in [0.2, 0.25) is 19.6 Å². The highest BCUT2D eigenvalue weighted by atomic mass is 28.3. The van der Waals surface area contributed by atoms with Crippen LogP contribution < -0.4 is 5.73 Å². The molecule has 0 unspecified atom stereocenters. The van der Waals surface area contributed by atoms with Gasteiger partial charge in [-0.3, -0.25) is 0 Å². The highest BCUT2D eigenvalue weighted by molar-refractivity contribution is 6.83. The van der Waals surface area contributed by atoms with Crippen molar-refractivity contribution >= 4 is 13.9 Å². The first-order chi connectivity index (χ1) is 6.38. The van der Waals surface area contributed by atoms with Crippen molar-refractivity contribution in [1.29, 1.82) is 0 Å². The second kappa shape index (κ2) is 3.72. The zero-order chi connectivity index (χ0) is 10.8. The van der Waals surface area contributed by atoms with Crippen molar-refractivity contribution < 1.29 is 4.39 Å². The Labute approximate surface area is 82.8 Å². The van der Waals surface area contributed by atoms with Gasteiger partial charge in [0.1, 0.15) is 8.07 Å². The minimum absolute atomic E-state index is 0.0825. The second-order valence-electron chi connectivity index (χ2n) is 3.81. The molecule has 0 fully saturated rings. The molecule has 1 rings (SSSR count). The van der Waals surface area contributed by atoms with E-state index in [9.17, 15) is 4.39 Å². The third kappa shape index (κ3) is 3.10. The Kier molecular flexibility index (Phi) is 2.81. The molecule has 0 saturated heterocycles. The number of aromatic nitrogens is 3. The van der Waals surface area contributed by atoms with Crippen LogP contribution in [0.5, 0.6) is 0 Å². The molecular weight excluding hydrogens is 199 g/mol. The molecular formula is C8H11FN4Si. The summed E-state index contributed by atoms with van der Waals surface area (Å²) in [7, 11) is -1.49. The Morgan fingerprint density at radius 1 is 1.29 bits per heavy atom. The number of nitrogens with zero attached hydrogens (tertiary/aromatic N) is 3. The summed E-state index contributed by atoms with van der Waals surface area (Å²) < 4.78 is 12.8. The number of rotatable bonds is 0. The minimum atomic E-state index is -1.49. The van der Waals surface area contributed by atoms with Crippen LogP contribution in [0.4, 0.5) is 10.2 Å². The lowest BCUT2D eigenvalue weighted by Crippen LogP contribution is -2.16. The van der Waals surface area contributed by atoms with Gasteiger partial charge in [-0.05, 0) is 5.92 Å². The molecule has 4 nitrogen and oxygen atoms in total. The Morgan fingerprint density at radius 2 is 1.93 bits per heavy atom. The van der Waals surface area contributed by atoms with E-state index in [1.165, 1.54) is 0 Å². The molecule has 0 aliphatic rings. The Balaban J connectivity index is 2.98. The van der Waals surface area contributed by atoms with E-state index < -0.39 is 14.0 Å². The number of halogens is 1. The number of anilines is 1. The molecule has 1 aromatic heterocycles. The standard InChI is InChI=1S/C8H11FN4Si/c1-14(2,3)5-4-6-11-7(9)8(10)13-12-6/h1-3H3,(H2,10,13). The van der Waals surface area contributed by atoms with Crippen molar-refractivity contribution in [2.75, 3.05) is 5.73 Å². The zero-order valence-corrected chi connectivity index (χ0v) is 9.30. The summed E-state index contributed by atoms with van der Waals surface area (Å²) in [5, 5.41) is 6.95. The molecule has 2 N–H and O–H groups in total. The summed E-state index contributed by atoms with van der Waals surface area (Å²) in [6.07, 6.45) is 0. The van der Waals surface area contributed by atoms with E-state index in [0.717, 1.165) is 0 Å². The lowest BCUT2D eigenvalue weighted by atomic mass is 10.6. The number of hydrogen-bond donors (Lipinski definition) is 1. The van der Waals surface area contributed by atoms with Crippen molar-refractivity contribution in [1.82, 2.24) is 15.2 Å². The van der Waals surface area contributed by atoms with Gasteiger partial charge in [0.15, 0.2) is 0 Å². The van der Waals surface area contributed by atoms with Crippen LogP contribution in [0.3, 0.4) is 0 Å². The van der Waals surface area contributed by atoms with Gasteiger partial charge in [0.05, 0.1) is 0 Å². The van der Waals surface area contributed by atoms with Crippen molar-refractivity contribution in [3.05, 3.63) is 11.8 Å². The number of hydrogen-bond acceptors (Lipinski definition) is 4. The van der Waals surface area contributed by atoms with E-state index in [-0.39, 0.29) is 11.6 Å². The molecule has 0 saturated carbocycles. The van der Waals surface area contributed by atoms with Crippen LogP contribution in [0.25, 0.3) is 0 Å². The highest BCUT2D eigenvalue weighted by Crippen LogP contribution is 2.00. The van der Waals surface area contributed by atoms with Crippen LogP contribution in [0.1, 0.15) is 5.82 Å². The fourth-order valence-corrected chi connectivity index (χ4v) is 1.10. The van der Waals surface area contributed by atoms with Gasteiger partial charge in [0, 0.05) is 0 Å². The Morgan fingerprint density at radius 3 is 2.43 bits per heavy atom. The van der Waals surface area contributed by atoms with E-state index >= 15 is 0 Å². The quantitative estimate of drug-likeness (QED) is 0.508. The topological polar surface area (TPSA) is 64.7 Å². The summed E-state index contributed by atoms with van der Waals surface area (Å²) in [5.74, 6) is 1.64. The van der Waals surface area contributed by atoms with E-state index in [1.807, 2.05) is 0 Å². The lowest BCUT2D eigenvalue weighted by molar-refractivity contribution is 0.571. The Hall–Kier alpha value is -1.48. The molecule has 1 aromatic rings. The van der Waals surface area contributed by atoms with Crippen LogP contribution in [-0.2, 0) is 0 Å². The maximum Gasteiger partial charge on any atom is 0.259 e. The SMILES string of the molecule is C[Si](C)(C)C#Cc1nnc(N)c(F)n1. The van der Waals surface area contributed by atoms with Gasteiger partial charge in [-0.25, -0.2) is 0 Å². The Bertz CT molecular complexity index is 402. The van der Waals surface area contributed by atoms with Crippen molar-refractivity contribution in [2.45, 2.75) is 19.6 Å². The van der Waals surface area contributed by atoms with E-state index in [1.54, 1.807) is 0 Å². The van der Waals surface area contributed by atoms with Crippen molar-refractivity contribution in [3.8, 4) is 11.5 Å². The normalized spacial score (nSPS) is 10.6. The molecule has 1 heterocycles. The second-order valence-corrected chi connectivity index (χ2v) is 8.56. The average Bonchev–Trinajstić information content (AvgIpc) is 2.06. The largest absolute Gasteiger partial charge is 0.378 e. The van der Waals surface area contributed by atoms with E-state index in [0.29, 0.717) is 0 Å². The first-order valence-corrected chi connectivity index (χ1v) is 7.57. The minimum Gasteiger partial charge on any atom is -0.378 e. The molecule has 74 valence electrons. The predicted molar refractivity (Wildman–Crippen MR) is 54.4 cm³/mol. The van der Waals surface area contributed by atoms with E-state index in [2.05, 4.69) is 46.3 Å². The highest BCUT2D eigenvalue weighted by Gasteiger charge is 2.08. The molecule has 14 heavy (non-hydrogen) atoms. The summed E-state index contributed by atoms with van der Waals surface area (Å²) in [6.45, 7) is 6.21. The monoisotopic (exact) mass is 210 g/mol. The molecule has 0 bridgehead atoms. The summed E-state index contributed by atoms with van der Waals surface area (Å²) in [6, 6.07) is 0. The molecule has 0 atom stereocenters. The zero-order valence-electron chi connectivity index (χ0n) is 8.30. The summed E-state index contributed by atoms with van der Waals surface area (Å²) in [5.41, 5.74) is 8.12. The average molecular weight is 210 g/mol. The van der Waals surface area contributed by atoms with Gasteiger partial charge in [-0.15, -0.1) is 15.7 Å². The predicted octanol–water partition coefficient (Wildman–Crippen LogP) is 0.822. The van der Waals surface area contributed by atoms with Gasteiger partial charge in [0.2, 0.25) is 11.6 Å². The van der Waals surface area contributed by atoms with Gasteiger partial charge in [0.25, 0.3) is 5.95 Å². The lowest BCUT2D eigenvalue weighted by Gasteiger charge is -2.02. The van der Waals surface area contributed by atoms with Crippen molar-refractivity contribution in [3.63, 3.8) is 0 Å². The van der Waals surface area contributed by atoms with Crippen LogP contribution in [0.15, 0.2) is 0 Å². The van der Waals surface area contributed by atoms with Gasteiger partial charge >= 0.3 is 0 Å². The van der Waals surface area contributed by atoms with Gasteiger partial charge in [-0.1, -0.05) is 19.6 Å². The fraction of sp³-hybridized carbons (Fsp3) is 0.375. The van der Waals surface area contributed by atoms with Crippen LogP contribution in [-0.4, -0.2) is 23.3 Å². The summed E-state index contributed by atoms with van der Waals surface area (Å²) >= 11 is 0. The summed E-state index contributed by atoms with van der Waals surface area (Å²) in [4.78, 5) is 3.46.